The van der Waals surface area contributed by atoms with Gasteiger partial charge in [-0.25, -0.2) is 9.97 Å². The second kappa shape index (κ2) is 6.14. The Morgan fingerprint density at radius 2 is 2.11 bits per heavy atom. The fraction of sp³-hybridized carbons (Fsp3) is 0.714. The van der Waals surface area contributed by atoms with E-state index in [0.717, 1.165) is 37.2 Å². The van der Waals surface area contributed by atoms with Crippen LogP contribution >= 0.6 is 0 Å². The summed E-state index contributed by atoms with van der Waals surface area (Å²) in [6.07, 6.45) is 4.32. The molecule has 4 heteroatoms. The van der Waals surface area contributed by atoms with Crippen molar-refractivity contribution in [2.24, 2.45) is 5.92 Å². The number of aryl methyl sites for hydroxylation is 1. The van der Waals surface area contributed by atoms with E-state index < -0.39 is 0 Å². The molecule has 100 valence electrons. The molecule has 0 amide bonds. The third-order valence-electron chi connectivity index (χ3n) is 3.49. The molecule has 0 radical (unpaired) electrons. The molecule has 0 saturated carbocycles. The molecule has 0 spiro atoms. The highest BCUT2D eigenvalue weighted by Crippen LogP contribution is 2.20. The zero-order chi connectivity index (χ0) is 13.0. The molecule has 1 N–H and O–H groups in total. The average molecular weight is 248 g/mol. The predicted molar refractivity (Wildman–Crippen MR) is 74.8 cm³/mol. The number of piperidine rings is 1. The van der Waals surface area contributed by atoms with Crippen LogP contribution < -0.4 is 10.2 Å². The molecule has 1 saturated heterocycles. The van der Waals surface area contributed by atoms with Gasteiger partial charge >= 0.3 is 0 Å². The Bertz CT molecular complexity index is 370. The summed E-state index contributed by atoms with van der Waals surface area (Å²) in [6.45, 7) is 9.72. The molecule has 0 bridgehead atoms. The number of nitrogens with zero attached hydrogens (tertiary/aromatic N) is 3. The molecular formula is C14H24N4. The normalized spacial score (nSPS) is 17.4. The number of hydrogen-bond donors (Lipinski definition) is 1. The largest absolute Gasteiger partial charge is 0.341 e. The summed E-state index contributed by atoms with van der Waals surface area (Å²) in [5.41, 5.74) is 1.04. The second-order valence-corrected chi connectivity index (χ2v) is 5.49. The Kier molecular flexibility index (Phi) is 4.53. The van der Waals surface area contributed by atoms with Crippen LogP contribution in [0.3, 0.4) is 0 Å². The molecular weight excluding hydrogens is 224 g/mol. The molecule has 0 aromatic carbocycles. The van der Waals surface area contributed by atoms with Crippen LogP contribution in [0.25, 0.3) is 0 Å². The lowest BCUT2D eigenvalue weighted by atomic mass is 9.97. The molecule has 4 nitrogen and oxygen atoms in total. The van der Waals surface area contributed by atoms with E-state index in [9.17, 15) is 0 Å². The molecule has 0 aliphatic carbocycles. The van der Waals surface area contributed by atoms with Gasteiger partial charge in [-0.2, -0.15) is 0 Å². The van der Waals surface area contributed by atoms with Gasteiger partial charge in [0.05, 0.1) is 0 Å². The van der Waals surface area contributed by atoms with Crippen LogP contribution in [-0.2, 0) is 0 Å². The molecule has 1 fully saturated rings. The van der Waals surface area contributed by atoms with E-state index in [2.05, 4.69) is 34.0 Å². The summed E-state index contributed by atoms with van der Waals surface area (Å²) in [4.78, 5) is 11.2. The zero-order valence-corrected chi connectivity index (χ0v) is 11.7. The highest BCUT2D eigenvalue weighted by atomic mass is 15.2. The lowest BCUT2D eigenvalue weighted by molar-refractivity contribution is 0.368. The van der Waals surface area contributed by atoms with Crippen molar-refractivity contribution in [2.75, 3.05) is 24.5 Å². The fourth-order valence-electron chi connectivity index (χ4n) is 2.33. The predicted octanol–water partition coefficient (Wildman–Crippen LogP) is 2.00. The van der Waals surface area contributed by atoms with Gasteiger partial charge in [0.25, 0.3) is 0 Å². The van der Waals surface area contributed by atoms with Crippen LogP contribution in [-0.4, -0.2) is 35.6 Å². The highest BCUT2D eigenvalue weighted by Gasteiger charge is 2.20. The molecule has 1 aliphatic rings. The Balaban J connectivity index is 1.83. The maximum Gasteiger partial charge on any atom is 0.225 e. The minimum Gasteiger partial charge on any atom is -0.341 e. The van der Waals surface area contributed by atoms with Crippen molar-refractivity contribution in [2.45, 2.75) is 39.7 Å². The third-order valence-corrected chi connectivity index (χ3v) is 3.49. The summed E-state index contributed by atoms with van der Waals surface area (Å²) in [5, 5.41) is 3.53. The molecule has 2 rings (SSSR count). The summed E-state index contributed by atoms with van der Waals surface area (Å²) in [7, 11) is 0. The Labute approximate surface area is 110 Å². The Hall–Kier alpha value is -1.16. The second-order valence-electron chi connectivity index (χ2n) is 5.49. The maximum atomic E-state index is 4.50. The van der Waals surface area contributed by atoms with Crippen molar-refractivity contribution in [3.8, 4) is 0 Å². The molecule has 1 aromatic rings. The minimum atomic E-state index is 0.586. The first-order valence-corrected chi connectivity index (χ1v) is 6.93. The third kappa shape index (κ3) is 3.67. The first kappa shape index (κ1) is 13.3. The smallest absolute Gasteiger partial charge is 0.225 e. The van der Waals surface area contributed by atoms with Crippen molar-refractivity contribution < 1.29 is 0 Å². The number of nitrogens with one attached hydrogen (secondary N) is 1. The van der Waals surface area contributed by atoms with Crippen LogP contribution in [0.2, 0.25) is 0 Å². The van der Waals surface area contributed by atoms with E-state index in [1.54, 1.807) is 0 Å². The maximum absolute atomic E-state index is 4.50. The van der Waals surface area contributed by atoms with Crippen LogP contribution in [0.1, 0.15) is 32.4 Å². The topological polar surface area (TPSA) is 41.1 Å². The zero-order valence-electron chi connectivity index (χ0n) is 11.7. The average Bonchev–Trinajstić information content (AvgIpc) is 2.37. The van der Waals surface area contributed by atoms with Crippen molar-refractivity contribution in [3.05, 3.63) is 18.0 Å². The SMILES string of the molecule is Cc1ccnc(N2CCC(CNC(C)C)CC2)n1. The van der Waals surface area contributed by atoms with Gasteiger partial charge in [-0.3, -0.25) is 0 Å². The van der Waals surface area contributed by atoms with Crippen molar-refractivity contribution in [1.29, 1.82) is 0 Å². The lowest BCUT2D eigenvalue weighted by Crippen LogP contribution is -2.39. The number of hydrogen-bond acceptors (Lipinski definition) is 4. The number of rotatable bonds is 4. The molecule has 1 aromatic heterocycles. The quantitative estimate of drug-likeness (QED) is 0.885. The van der Waals surface area contributed by atoms with Gasteiger partial charge in [-0.15, -0.1) is 0 Å². The van der Waals surface area contributed by atoms with E-state index >= 15 is 0 Å². The summed E-state index contributed by atoms with van der Waals surface area (Å²) in [6, 6.07) is 2.53. The van der Waals surface area contributed by atoms with Crippen molar-refractivity contribution >= 4 is 5.95 Å². The Morgan fingerprint density at radius 3 is 2.72 bits per heavy atom. The van der Waals surface area contributed by atoms with E-state index in [1.807, 2.05) is 19.2 Å². The van der Waals surface area contributed by atoms with Crippen LogP contribution in [0.4, 0.5) is 5.95 Å². The van der Waals surface area contributed by atoms with Crippen LogP contribution in [0.15, 0.2) is 12.3 Å². The van der Waals surface area contributed by atoms with Gasteiger partial charge in [0, 0.05) is 31.0 Å². The van der Waals surface area contributed by atoms with E-state index in [0.29, 0.717) is 6.04 Å². The van der Waals surface area contributed by atoms with E-state index in [4.69, 9.17) is 0 Å². The van der Waals surface area contributed by atoms with Crippen LogP contribution in [0.5, 0.6) is 0 Å². The monoisotopic (exact) mass is 248 g/mol. The fourth-order valence-corrected chi connectivity index (χ4v) is 2.33. The summed E-state index contributed by atoms with van der Waals surface area (Å²) in [5.74, 6) is 1.69. The standard InChI is InChI=1S/C14H24N4/c1-11(2)16-10-13-5-8-18(9-6-13)14-15-7-4-12(3)17-14/h4,7,11,13,16H,5-6,8-10H2,1-3H3. The molecule has 2 heterocycles. The summed E-state index contributed by atoms with van der Waals surface area (Å²) >= 11 is 0. The van der Waals surface area contributed by atoms with Gasteiger partial charge < -0.3 is 10.2 Å². The van der Waals surface area contributed by atoms with Crippen molar-refractivity contribution in [3.63, 3.8) is 0 Å². The molecule has 0 atom stereocenters. The highest BCUT2D eigenvalue weighted by molar-refractivity contribution is 5.30. The van der Waals surface area contributed by atoms with E-state index in [1.165, 1.54) is 12.8 Å². The minimum absolute atomic E-state index is 0.586. The first-order valence-electron chi connectivity index (χ1n) is 6.93. The van der Waals surface area contributed by atoms with Gasteiger partial charge in [0.1, 0.15) is 0 Å². The van der Waals surface area contributed by atoms with Crippen LogP contribution in [0, 0.1) is 12.8 Å². The molecule has 1 aliphatic heterocycles. The first-order chi connectivity index (χ1) is 8.65. The van der Waals surface area contributed by atoms with Gasteiger partial charge in [-0.1, -0.05) is 13.8 Å². The van der Waals surface area contributed by atoms with Gasteiger partial charge in [0.15, 0.2) is 0 Å². The number of anilines is 1. The molecule has 0 unspecified atom stereocenters. The van der Waals surface area contributed by atoms with E-state index in [-0.39, 0.29) is 0 Å². The molecule has 18 heavy (non-hydrogen) atoms. The van der Waals surface area contributed by atoms with Gasteiger partial charge in [0.2, 0.25) is 5.95 Å². The number of aromatic nitrogens is 2. The van der Waals surface area contributed by atoms with Gasteiger partial charge in [-0.05, 0) is 38.3 Å². The summed E-state index contributed by atoms with van der Waals surface area (Å²) < 4.78 is 0. The Morgan fingerprint density at radius 1 is 1.39 bits per heavy atom. The van der Waals surface area contributed by atoms with Crippen molar-refractivity contribution in [1.82, 2.24) is 15.3 Å². The lowest BCUT2D eigenvalue weighted by Gasteiger charge is -2.32.